The van der Waals surface area contributed by atoms with Crippen LogP contribution in [0.4, 0.5) is 4.39 Å². The molecule has 0 amide bonds. The van der Waals surface area contributed by atoms with Gasteiger partial charge in [0.15, 0.2) is 0 Å². The molecule has 1 N–H and O–H groups in total. The first kappa shape index (κ1) is 14.1. The molecule has 0 aromatic heterocycles. The monoisotopic (exact) mass is 285 g/mol. The lowest BCUT2D eigenvalue weighted by atomic mass is 9.89. The molecule has 0 spiro atoms. The first-order chi connectivity index (χ1) is 10.3. The average Bonchev–Trinajstić information content (AvgIpc) is 2.55. The minimum Gasteiger partial charge on any atom is -0.485 e. The van der Waals surface area contributed by atoms with Crippen LogP contribution >= 0.6 is 0 Å². The maximum atomic E-state index is 13.2. The van der Waals surface area contributed by atoms with E-state index in [1.165, 1.54) is 12.1 Å². The van der Waals surface area contributed by atoms with Crippen molar-refractivity contribution in [1.82, 2.24) is 5.32 Å². The van der Waals surface area contributed by atoms with Gasteiger partial charge in [-0.2, -0.15) is 0 Å². The Kier molecular flexibility index (Phi) is 4.51. The number of ether oxygens (including phenoxy) is 1. The van der Waals surface area contributed by atoms with Crippen LogP contribution in [-0.2, 0) is 0 Å². The molecule has 2 atom stereocenters. The first-order valence-corrected chi connectivity index (χ1v) is 7.51. The van der Waals surface area contributed by atoms with Crippen LogP contribution in [0.25, 0.3) is 0 Å². The summed E-state index contributed by atoms with van der Waals surface area (Å²) in [5.74, 6) is 1.06. The van der Waals surface area contributed by atoms with Gasteiger partial charge in [0.1, 0.15) is 17.7 Å². The maximum absolute atomic E-state index is 13.2. The van der Waals surface area contributed by atoms with Crippen LogP contribution in [0.5, 0.6) is 5.75 Å². The number of halogens is 1. The molecular formula is C18H20FNO. The predicted octanol–water partition coefficient (Wildman–Crippen LogP) is 3.95. The van der Waals surface area contributed by atoms with E-state index >= 15 is 0 Å². The molecule has 1 aliphatic heterocycles. The fourth-order valence-corrected chi connectivity index (χ4v) is 2.87. The molecule has 0 unspecified atom stereocenters. The number of nitrogens with one attached hydrogen (secondary N) is 1. The van der Waals surface area contributed by atoms with Crippen molar-refractivity contribution in [2.45, 2.75) is 18.9 Å². The molecule has 1 aliphatic rings. The number of hydrogen-bond donors (Lipinski definition) is 1. The minimum atomic E-state index is -0.209. The van der Waals surface area contributed by atoms with E-state index in [1.54, 1.807) is 0 Å². The minimum absolute atomic E-state index is 0.0409. The fourth-order valence-electron chi connectivity index (χ4n) is 2.87. The number of benzene rings is 2. The molecule has 21 heavy (non-hydrogen) atoms. The zero-order valence-corrected chi connectivity index (χ0v) is 12.0. The molecule has 0 radical (unpaired) electrons. The average molecular weight is 285 g/mol. The van der Waals surface area contributed by atoms with E-state index in [2.05, 4.69) is 5.32 Å². The number of piperidine rings is 1. The Morgan fingerprint density at radius 2 is 1.81 bits per heavy atom. The van der Waals surface area contributed by atoms with Crippen LogP contribution in [0.2, 0.25) is 0 Å². The van der Waals surface area contributed by atoms with E-state index < -0.39 is 0 Å². The quantitative estimate of drug-likeness (QED) is 0.918. The predicted molar refractivity (Wildman–Crippen MR) is 81.8 cm³/mol. The van der Waals surface area contributed by atoms with Gasteiger partial charge in [-0.1, -0.05) is 30.3 Å². The topological polar surface area (TPSA) is 21.3 Å². The molecule has 0 saturated carbocycles. The molecule has 3 heteroatoms. The summed E-state index contributed by atoms with van der Waals surface area (Å²) in [6, 6.07) is 16.5. The van der Waals surface area contributed by atoms with Crippen molar-refractivity contribution in [3.05, 3.63) is 66.0 Å². The van der Waals surface area contributed by atoms with Gasteiger partial charge in [-0.15, -0.1) is 0 Å². The summed E-state index contributed by atoms with van der Waals surface area (Å²) in [5.41, 5.74) is 1.04. The van der Waals surface area contributed by atoms with Gasteiger partial charge in [0.25, 0.3) is 0 Å². The molecule has 3 rings (SSSR count). The highest BCUT2D eigenvalue weighted by molar-refractivity contribution is 5.25. The van der Waals surface area contributed by atoms with Crippen molar-refractivity contribution >= 4 is 0 Å². The van der Waals surface area contributed by atoms with Crippen molar-refractivity contribution in [2.24, 2.45) is 5.92 Å². The standard InChI is InChI=1S/C18H20FNO/c19-16-10-8-14(9-11-16)18(15-5-4-12-20-13-15)21-17-6-2-1-3-7-17/h1-3,6-11,15,18,20H,4-5,12-13H2/t15-,18+/m0/s1. The summed E-state index contributed by atoms with van der Waals surface area (Å²) < 4.78 is 19.4. The van der Waals surface area contributed by atoms with Gasteiger partial charge in [-0.3, -0.25) is 0 Å². The summed E-state index contributed by atoms with van der Waals surface area (Å²) in [4.78, 5) is 0. The summed E-state index contributed by atoms with van der Waals surface area (Å²) in [5, 5.41) is 3.43. The normalized spacial score (nSPS) is 20.0. The van der Waals surface area contributed by atoms with Gasteiger partial charge in [-0.05, 0) is 49.2 Å². The summed E-state index contributed by atoms with van der Waals surface area (Å²) in [6.45, 7) is 2.01. The van der Waals surface area contributed by atoms with E-state index in [-0.39, 0.29) is 11.9 Å². The highest BCUT2D eigenvalue weighted by Crippen LogP contribution is 2.32. The smallest absolute Gasteiger partial charge is 0.128 e. The van der Waals surface area contributed by atoms with E-state index in [9.17, 15) is 4.39 Å². The molecule has 2 aromatic rings. The van der Waals surface area contributed by atoms with Crippen LogP contribution in [-0.4, -0.2) is 13.1 Å². The van der Waals surface area contributed by atoms with Crippen molar-refractivity contribution < 1.29 is 9.13 Å². The molecule has 2 nitrogen and oxygen atoms in total. The Labute approximate surface area is 125 Å². The lowest BCUT2D eigenvalue weighted by Crippen LogP contribution is -2.35. The Balaban J connectivity index is 1.84. The molecule has 1 heterocycles. The van der Waals surface area contributed by atoms with Crippen molar-refractivity contribution in [2.75, 3.05) is 13.1 Å². The third-order valence-electron chi connectivity index (χ3n) is 3.97. The third kappa shape index (κ3) is 3.61. The van der Waals surface area contributed by atoms with Gasteiger partial charge in [0, 0.05) is 12.5 Å². The second-order valence-corrected chi connectivity index (χ2v) is 5.51. The Bertz CT molecular complexity index is 549. The second kappa shape index (κ2) is 6.72. The second-order valence-electron chi connectivity index (χ2n) is 5.51. The van der Waals surface area contributed by atoms with Crippen molar-refractivity contribution in [1.29, 1.82) is 0 Å². The van der Waals surface area contributed by atoms with Gasteiger partial charge in [0.05, 0.1) is 0 Å². The summed E-state index contributed by atoms with van der Waals surface area (Å²) in [7, 11) is 0. The van der Waals surface area contributed by atoms with Gasteiger partial charge >= 0.3 is 0 Å². The highest BCUT2D eigenvalue weighted by atomic mass is 19.1. The lowest BCUT2D eigenvalue weighted by molar-refractivity contribution is 0.116. The number of para-hydroxylation sites is 1. The Morgan fingerprint density at radius 1 is 1.05 bits per heavy atom. The molecule has 110 valence electrons. The van der Waals surface area contributed by atoms with Crippen LogP contribution in [0, 0.1) is 11.7 Å². The molecule has 1 saturated heterocycles. The maximum Gasteiger partial charge on any atom is 0.128 e. The third-order valence-corrected chi connectivity index (χ3v) is 3.97. The van der Waals surface area contributed by atoms with Crippen LogP contribution in [0.15, 0.2) is 54.6 Å². The molecule has 2 aromatic carbocycles. The Morgan fingerprint density at radius 3 is 2.48 bits per heavy atom. The lowest BCUT2D eigenvalue weighted by Gasteiger charge is -2.31. The van der Waals surface area contributed by atoms with E-state index in [0.717, 1.165) is 37.2 Å². The van der Waals surface area contributed by atoms with Crippen molar-refractivity contribution in [3.63, 3.8) is 0 Å². The largest absolute Gasteiger partial charge is 0.485 e. The zero-order valence-electron chi connectivity index (χ0n) is 12.0. The Hall–Kier alpha value is -1.87. The number of hydrogen-bond acceptors (Lipinski definition) is 2. The van der Waals surface area contributed by atoms with Gasteiger partial charge in [-0.25, -0.2) is 4.39 Å². The number of rotatable bonds is 4. The SMILES string of the molecule is Fc1ccc([C@@H](Oc2ccccc2)[C@H]2CCCNC2)cc1. The van der Waals surface area contributed by atoms with Gasteiger partial charge < -0.3 is 10.1 Å². The van der Waals surface area contributed by atoms with E-state index in [0.29, 0.717) is 5.92 Å². The molecule has 0 bridgehead atoms. The summed E-state index contributed by atoms with van der Waals surface area (Å²) in [6.07, 6.45) is 2.24. The van der Waals surface area contributed by atoms with Gasteiger partial charge in [0.2, 0.25) is 0 Å². The van der Waals surface area contributed by atoms with Crippen LogP contribution < -0.4 is 10.1 Å². The zero-order chi connectivity index (χ0) is 14.5. The fraction of sp³-hybridized carbons (Fsp3) is 0.333. The molecular weight excluding hydrogens is 265 g/mol. The molecule has 1 fully saturated rings. The molecule has 0 aliphatic carbocycles. The van der Waals surface area contributed by atoms with Crippen LogP contribution in [0.3, 0.4) is 0 Å². The van der Waals surface area contributed by atoms with Crippen molar-refractivity contribution in [3.8, 4) is 5.75 Å². The highest BCUT2D eigenvalue weighted by Gasteiger charge is 2.26. The van der Waals surface area contributed by atoms with Crippen LogP contribution in [0.1, 0.15) is 24.5 Å². The first-order valence-electron chi connectivity index (χ1n) is 7.51. The van der Waals surface area contributed by atoms with E-state index in [4.69, 9.17) is 4.74 Å². The van der Waals surface area contributed by atoms with E-state index in [1.807, 2.05) is 42.5 Å². The summed E-state index contributed by atoms with van der Waals surface area (Å²) >= 11 is 0.